The number of halogens is 1. The summed E-state index contributed by atoms with van der Waals surface area (Å²) < 4.78 is 20.9. The zero-order chi connectivity index (χ0) is 32.5. The van der Waals surface area contributed by atoms with Crippen molar-refractivity contribution in [1.29, 1.82) is 0 Å². The molecule has 2 aliphatic rings. The molecule has 244 valence electrons. The van der Waals surface area contributed by atoms with Gasteiger partial charge in [-0.2, -0.15) is 5.10 Å². The summed E-state index contributed by atoms with van der Waals surface area (Å²) in [5.74, 6) is 0.324. The van der Waals surface area contributed by atoms with Gasteiger partial charge in [0.15, 0.2) is 5.65 Å². The molecular formula is C38H38FN7O2. The predicted octanol–water partition coefficient (Wildman–Crippen LogP) is 7.97. The Hall–Kier alpha value is -5.09. The quantitative estimate of drug-likeness (QED) is 0.147. The Bertz CT molecular complexity index is 2090. The van der Waals surface area contributed by atoms with Crippen molar-refractivity contribution in [3.05, 3.63) is 79.0 Å². The molecule has 1 aliphatic carbocycles. The Balaban J connectivity index is 1.07. The minimum Gasteiger partial charge on any atom is -0.492 e. The number of hydrogen-bond donors (Lipinski definition) is 3. The van der Waals surface area contributed by atoms with Gasteiger partial charge in [0.2, 0.25) is 5.91 Å². The first-order valence-corrected chi connectivity index (χ1v) is 17.0. The molecule has 1 saturated heterocycles. The molecule has 1 amide bonds. The van der Waals surface area contributed by atoms with E-state index in [9.17, 15) is 9.18 Å². The van der Waals surface area contributed by atoms with Gasteiger partial charge < -0.3 is 15.0 Å². The van der Waals surface area contributed by atoms with Crippen LogP contribution < -0.4 is 10.1 Å². The Kier molecular flexibility index (Phi) is 8.32. The zero-order valence-corrected chi connectivity index (χ0v) is 26.8. The molecule has 8 rings (SSSR count). The maximum atomic E-state index is 14.9. The second-order valence-corrected chi connectivity index (χ2v) is 13.0. The summed E-state index contributed by atoms with van der Waals surface area (Å²) in [6.07, 6.45) is 13.0. The highest BCUT2D eigenvalue weighted by Crippen LogP contribution is 2.36. The van der Waals surface area contributed by atoms with E-state index in [-0.39, 0.29) is 17.6 Å². The van der Waals surface area contributed by atoms with Crippen molar-refractivity contribution in [2.45, 2.75) is 44.9 Å². The van der Waals surface area contributed by atoms with Crippen LogP contribution in [0.3, 0.4) is 0 Å². The molecule has 6 aromatic rings. The van der Waals surface area contributed by atoms with Crippen LogP contribution in [-0.2, 0) is 4.79 Å². The molecule has 1 saturated carbocycles. The number of anilines is 1. The SMILES string of the molecule is O=C(Nc1cncc(-c2cnc3[nH]nc(-c4cc5c(-c6cc(F)cc(OCCN7CCCC7)c6)cccc5[nH]4)c3c2)c1)C1CCCCC1. The molecule has 3 N–H and O–H groups in total. The van der Waals surface area contributed by atoms with Crippen LogP contribution in [0.25, 0.3) is 55.6 Å². The minimum atomic E-state index is -0.333. The normalized spacial score (nSPS) is 15.8. The predicted molar refractivity (Wildman–Crippen MR) is 186 cm³/mol. The van der Waals surface area contributed by atoms with Crippen LogP contribution in [0.15, 0.2) is 73.2 Å². The molecule has 4 aromatic heterocycles. The van der Waals surface area contributed by atoms with Crippen molar-refractivity contribution in [3.8, 4) is 39.4 Å². The van der Waals surface area contributed by atoms with Crippen molar-refractivity contribution in [3.63, 3.8) is 0 Å². The van der Waals surface area contributed by atoms with Crippen LogP contribution in [0.4, 0.5) is 10.1 Å². The average Bonchev–Trinajstić information content (AvgIpc) is 3.88. The molecule has 5 heterocycles. The molecule has 0 atom stereocenters. The van der Waals surface area contributed by atoms with Crippen molar-refractivity contribution < 1.29 is 13.9 Å². The number of pyridine rings is 2. The highest BCUT2D eigenvalue weighted by atomic mass is 19.1. The van der Waals surface area contributed by atoms with E-state index in [1.807, 2.05) is 36.4 Å². The summed E-state index contributed by atoms with van der Waals surface area (Å²) >= 11 is 0. The molecule has 10 heteroatoms. The van der Waals surface area contributed by atoms with Gasteiger partial charge in [-0.1, -0.05) is 31.4 Å². The van der Waals surface area contributed by atoms with Gasteiger partial charge in [0.05, 0.1) is 17.6 Å². The van der Waals surface area contributed by atoms with Gasteiger partial charge in [0, 0.05) is 58.3 Å². The van der Waals surface area contributed by atoms with Gasteiger partial charge in [-0.3, -0.25) is 19.8 Å². The first-order chi connectivity index (χ1) is 23.6. The highest BCUT2D eigenvalue weighted by molar-refractivity contribution is 6.01. The number of ether oxygens (including phenoxy) is 1. The van der Waals surface area contributed by atoms with Crippen molar-refractivity contribution in [1.82, 2.24) is 30.0 Å². The number of nitrogens with zero attached hydrogens (tertiary/aromatic N) is 4. The maximum absolute atomic E-state index is 14.9. The molecule has 0 spiro atoms. The summed E-state index contributed by atoms with van der Waals surface area (Å²) in [4.78, 5) is 27.8. The summed E-state index contributed by atoms with van der Waals surface area (Å²) in [6, 6.07) is 16.9. The number of benzene rings is 2. The molecule has 1 aliphatic heterocycles. The lowest BCUT2D eigenvalue weighted by atomic mass is 9.88. The number of carbonyl (C=O) groups is 1. The van der Waals surface area contributed by atoms with E-state index in [0.717, 1.165) is 95.2 Å². The third-order valence-corrected chi connectivity index (χ3v) is 9.71. The number of aromatic nitrogens is 5. The summed E-state index contributed by atoms with van der Waals surface area (Å²) in [7, 11) is 0. The van der Waals surface area contributed by atoms with Crippen LogP contribution in [-0.4, -0.2) is 62.2 Å². The van der Waals surface area contributed by atoms with E-state index < -0.39 is 0 Å². The summed E-state index contributed by atoms with van der Waals surface area (Å²) in [6.45, 7) is 3.57. The summed E-state index contributed by atoms with van der Waals surface area (Å²) in [5, 5.41) is 12.6. The summed E-state index contributed by atoms with van der Waals surface area (Å²) in [5.41, 5.74) is 7.14. The van der Waals surface area contributed by atoms with E-state index in [1.165, 1.54) is 25.3 Å². The second kappa shape index (κ2) is 13.2. The van der Waals surface area contributed by atoms with Crippen molar-refractivity contribution >= 4 is 33.5 Å². The van der Waals surface area contributed by atoms with Crippen LogP contribution >= 0.6 is 0 Å². The molecule has 0 radical (unpaired) electrons. The molecule has 48 heavy (non-hydrogen) atoms. The van der Waals surface area contributed by atoms with Crippen molar-refractivity contribution in [2.75, 3.05) is 31.6 Å². The van der Waals surface area contributed by atoms with Gasteiger partial charge in [0.1, 0.15) is 23.9 Å². The van der Waals surface area contributed by atoms with E-state index in [4.69, 9.17) is 4.74 Å². The van der Waals surface area contributed by atoms with Gasteiger partial charge >= 0.3 is 0 Å². The molecule has 2 aromatic carbocycles. The monoisotopic (exact) mass is 643 g/mol. The number of H-pyrrole nitrogens is 2. The lowest BCUT2D eigenvalue weighted by Gasteiger charge is -2.20. The molecule has 2 fully saturated rings. The number of carbonyl (C=O) groups excluding carboxylic acids is 1. The lowest BCUT2D eigenvalue weighted by Crippen LogP contribution is -2.25. The molecule has 0 bridgehead atoms. The van der Waals surface area contributed by atoms with E-state index in [1.54, 1.807) is 24.7 Å². The number of likely N-dealkylation sites (tertiary alicyclic amines) is 1. The number of hydrogen-bond acceptors (Lipinski definition) is 6. The third-order valence-electron chi connectivity index (χ3n) is 9.71. The standard InChI is InChI=1S/C38H38FN7O2/c39-28-15-25(17-30(19-28)48-14-13-46-11-4-5-12-46)31-9-6-10-34-32(31)20-35(43-34)36-33-18-27(22-41-37(33)45-44-36)26-16-29(23-40-21-26)42-38(47)24-7-2-1-3-8-24/h6,9-10,15-24,43H,1-5,7-8,11-14H2,(H,42,47)(H,41,44,45). The highest BCUT2D eigenvalue weighted by Gasteiger charge is 2.22. The molecular weight excluding hydrogens is 605 g/mol. The number of nitrogens with one attached hydrogen (secondary N) is 3. The lowest BCUT2D eigenvalue weighted by molar-refractivity contribution is -0.120. The number of amides is 1. The second-order valence-electron chi connectivity index (χ2n) is 13.0. The van der Waals surface area contributed by atoms with Crippen LogP contribution in [0.5, 0.6) is 5.75 Å². The Morgan fingerprint density at radius 2 is 1.77 bits per heavy atom. The minimum absolute atomic E-state index is 0.0617. The first-order valence-electron chi connectivity index (χ1n) is 17.0. The average molecular weight is 644 g/mol. The van der Waals surface area contributed by atoms with Gasteiger partial charge in [-0.05, 0) is 86.3 Å². The molecule has 0 unspecified atom stereocenters. The number of aromatic amines is 2. The van der Waals surface area contributed by atoms with Crippen molar-refractivity contribution in [2.24, 2.45) is 5.92 Å². The van der Waals surface area contributed by atoms with E-state index >= 15 is 0 Å². The van der Waals surface area contributed by atoms with Crippen LogP contribution in [0.1, 0.15) is 44.9 Å². The number of fused-ring (bicyclic) bond motifs is 2. The Morgan fingerprint density at radius 1 is 0.917 bits per heavy atom. The van der Waals surface area contributed by atoms with Gasteiger partial charge in [-0.15, -0.1) is 0 Å². The third kappa shape index (κ3) is 6.27. The van der Waals surface area contributed by atoms with Gasteiger partial charge in [-0.25, -0.2) is 9.37 Å². The zero-order valence-electron chi connectivity index (χ0n) is 26.8. The van der Waals surface area contributed by atoms with Crippen LogP contribution in [0, 0.1) is 11.7 Å². The topological polar surface area (TPSA) is 112 Å². The van der Waals surface area contributed by atoms with Gasteiger partial charge in [0.25, 0.3) is 0 Å². The number of rotatable bonds is 9. The Morgan fingerprint density at radius 3 is 2.65 bits per heavy atom. The molecule has 9 nitrogen and oxygen atoms in total. The largest absolute Gasteiger partial charge is 0.492 e. The smallest absolute Gasteiger partial charge is 0.227 e. The fourth-order valence-electron chi connectivity index (χ4n) is 7.18. The first kappa shape index (κ1) is 30.3. The Labute approximate surface area is 277 Å². The van der Waals surface area contributed by atoms with E-state index in [0.29, 0.717) is 23.7 Å². The fourth-order valence-corrected chi connectivity index (χ4v) is 7.18. The van der Waals surface area contributed by atoms with E-state index in [2.05, 4.69) is 41.4 Å². The maximum Gasteiger partial charge on any atom is 0.227 e. The van der Waals surface area contributed by atoms with Crippen LogP contribution in [0.2, 0.25) is 0 Å². The fraction of sp³-hybridized carbons (Fsp3) is 0.316.